The van der Waals surface area contributed by atoms with Crippen LogP contribution >= 0.6 is 11.9 Å². The minimum atomic E-state index is -0.597. The fourth-order valence-electron chi connectivity index (χ4n) is 2.67. The Bertz CT molecular complexity index is 692. The molecule has 0 aromatic heterocycles. The maximum atomic E-state index is 11.5. The van der Waals surface area contributed by atoms with Crippen molar-refractivity contribution in [2.45, 2.75) is 5.92 Å². The number of benzene rings is 2. The van der Waals surface area contributed by atoms with Crippen molar-refractivity contribution in [2.75, 3.05) is 6.61 Å². The molecule has 0 saturated heterocycles. The Labute approximate surface area is 126 Å². The molecule has 0 saturated carbocycles. The van der Waals surface area contributed by atoms with Gasteiger partial charge in [0.1, 0.15) is 18.6 Å². The van der Waals surface area contributed by atoms with Crippen LogP contribution in [0.25, 0.3) is 11.1 Å². The molecular weight excluding hydrogens is 286 g/mol. The zero-order valence-electron chi connectivity index (χ0n) is 11.0. The highest BCUT2D eigenvalue weighted by Crippen LogP contribution is 2.44. The molecule has 0 fully saturated rings. The van der Waals surface area contributed by atoms with E-state index in [0.717, 1.165) is 11.1 Å². The van der Waals surface area contributed by atoms with Crippen LogP contribution < -0.4 is 0 Å². The van der Waals surface area contributed by atoms with Crippen molar-refractivity contribution in [1.29, 1.82) is 0 Å². The Balaban J connectivity index is 1.85. The number of isocyanates is 1. The summed E-state index contributed by atoms with van der Waals surface area (Å²) < 4.78 is 8.34. The maximum Gasteiger partial charge on any atom is 0.390 e. The van der Waals surface area contributed by atoms with E-state index >= 15 is 0 Å². The predicted molar refractivity (Wildman–Crippen MR) is 80.8 cm³/mol. The van der Waals surface area contributed by atoms with Crippen LogP contribution in [0.5, 0.6) is 0 Å². The highest BCUT2D eigenvalue weighted by molar-refractivity contribution is 8.12. The first-order valence-electron chi connectivity index (χ1n) is 6.40. The molecule has 1 aliphatic rings. The summed E-state index contributed by atoms with van der Waals surface area (Å²) >= 11 is 0.463. The minimum absolute atomic E-state index is 0.0159. The highest BCUT2D eigenvalue weighted by atomic mass is 32.2. The van der Waals surface area contributed by atoms with Gasteiger partial charge in [-0.05, 0) is 22.3 Å². The van der Waals surface area contributed by atoms with E-state index < -0.39 is 5.30 Å². The molecule has 0 spiro atoms. The van der Waals surface area contributed by atoms with Gasteiger partial charge >= 0.3 is 5.30 Å². The lowest BCUT2D eigenvalue weighted by molar-refractivity contribution is 0.171. The lowest BCUT2D eigenvalue weighted by atomic mass is 9.98. The van der Waals surface area contributed by atoms with Crippen LogP contribution in [0.3, 0.4) is 0 Å². The smallest absolute Gasteiger partial charge is 0.390 e. The van der Waals surface area contributed by atoms with Gasteiger partial charge in [-0.25, -0.2) is 9.59 Å². The van der Waals surface area contributed by atoms with Gasteiger partial charge in [0, 0.05) is 5.92 Å². The zero-order chi connectivity index (χ0) is 14.7. The van der Waals surface area contributed by atoms with E-state index in [4.69, 9.17) is 4.74 Å². The molecule has 1 aliphatic carbocycles. The van der Waals surface area contributed by atoms with E-state index in [1.807, 2.05) is 36.4 Å². The van der Waals surface area contributed by atoms with Crippen molar-refractivity contribution in [3.63, 3.8) is 0 Å². The number of fused-ring (bicyclic) bond motifs is 3. The first-order chi connectivity index (χ1) is 10.3. The Morgan fingerprint density at radius 3 is 2.24 bits per heavy atom. The van der Waals surface area contributed by atoms with E-state index in [0.29, 0.717) is 11.9 Å². The van der Waals surface area contributed by atoms with E-state index in [1.165, 1.54) is 17.2 Å². The third-order valence-electron chi connectivity index (χ3n) is 3.49. The first-order valence-corrected chi connectivity index (χ1v) is 7.18. The fraction of sp³-hybridized carbons (Fsp3) is 0.125. The minimum Gasteiger partial charge on any atom is -0.455 e. The monoisotopic (exact) mass is 297 g/mol. The standard InChI is InChI=1S/C16H11NO3S/c18-10-17-21-16(19)20-9-15-13-7-3-1-5-11(13)12-6-2-4-8-14(12)15/h1-8,15H,9H2. The normalized spacial score (nSPS) is 12.2. The number of carbonyl (C=O) groups excluding carboxylic acids is 2. The lowest BCUT2D eigenvalue weighted by Crippen LogP contribution is -2.08. The van der Waals surface area contributed by atoms with Gasteiger partial charge in [0.15, 0.2) is 0 Å². The van der Waals surface area contributed by atoms with Crippen molar-refractivity contribution < 1.29 is 14.3 Å². The summed E-state index contributed by atoms with van der Waals surface area (Å²) in [4.78, 5) is 21.4. The molecule has 0 heterocycles. The van der Waals surface area contributed by atoms with Crippen LogP contribution in [0.1, 0.15) is 17.0 Å². The predicted octanol–water partition coefficient (Wildman–Crippen LogP) is 3.92. The van der Waals surface area contributed by atoms with Crippen LogP contribution in [0.4, 0.5) is 4.79 Å². The summed E-state index contributed by atoms with van der Waals surface area (Å²) in [6, 6.07) is 16.2. The molecule has 104 valence electrons. The summed E-state index contributed by atoms with van der Waals surface area (Å²) in [5.41, 5.74) is 4.64. The van der Waals surface area contributed by atoms with Crippen molar-refractivity contribution in [3.05, 3.63) is 59.7 Å². The molecule has 3 rings (SSSR count). The molecular formula is C16H11NO3S. The molecule has 2 aromatic rings. The van der Waals surface area contributed by atoms with E-state index in [9.17, 15) is 9.59 Å². The number of rotatable bonds is 3. The van der Waals surface area contributed by atoms with Crippen molar-refractivity contribution >= 4 is 23.3 Å². The maximum absolute atomic E-state index is 11.5. The largest absolute Gasteiger partial charge is 0.455 e. The van der Waals surface area contributed by atoms with Gasteiger partial charge in [0.2, 0.25) is 6.08 Å². The lowest BCUT2D eigenvalue weighted by Gasteiger charge is -2.13. The molecule has 0 N–H and O–H groups in total. The summed E-state index contributed by atoms with van der Waals surface area (Å²) in [6.07, 6.45) is 1.29. The van der Waals surface area contributed by atoms with Crippen LogP contribution in [-0.2, 0) is 9.53 Å². The van der Waals surface area contributed by atoms with E-state index in [2.05, 4.69) is 16.5 Å². The molecule has 21 heavy (non-hydrogen) atoms. The zero-order valence-corrected chi connectivity index (χ0v) is 11.8. The Morgan fingerprint density at radius 2 is 1.67 bits per heavy atom. The quantitative estimate of drug-likeness (QED) is 0.373. The molecule has 0 aliphatic heterocycles. The average Bonchev–Trinajstić information content (AvgIpc) is 2.85. The van der Waals surface area contributed by atoms with Gasteiger partial charge in [-0.15, -0.1) is 4.40 Å². The second-order valence-corrected chi connectivity index (χ2v) is 5.26. The topological polar surface area (TPSA) is 55.7 Å². The van der Waals surface area contributed by atoms with Gasteiger partial charge in [-0.3, -0.25) is 0 Å². The molecule has 5 heteroatoms. The molecule has 0 unspecified atom stereocenters. The first kappa shape index (κ1) is 13.6. The van der Waals surface area contributed by atoms with Gasteiger partial charge in [-0.2, -0.15) is 0 Å². The summed E-state index contributed by atoms with van der Waals surface area (Å²) in [5.74, 6) is 0.0159. The number of hydrogen-bond acceptors (Lipinski definition) is 5. The Hall–Kier alpha value is -2.36. The van der Waals surface area contributed by atoms with Crippen molar-refractivity contribution in [1.82, 2.24) is 0 Å². The van der Waals surface area contributed by atoms with Gasteiger partial charge in [0.05, 0.1) is 0 Å². The molecule has 0 atom stereocenters. The summed E-state index contributed by atoms with van der Waals surface area (Å²) in [5, 5.41) is -0.597. The second-order valence-electron chi connectivity index (χ2n) is 4.56. The molecule has 4 nitrogen and oxygen atoms in total. The molecule has 0 bridgehead atoms. The fourth-order valence-corrected chi connectivity index (χ4v) is 2.91. The number of hydrogen-bond donors (Lipinski definition) is 0. The molecule has 0 amide bonds. The third kappa shape index (κ3) is 2.61. The van der Waals surface area contributed by atoms with Gasteiger partial charge in [0.25, 0.3) is 0 Å². The highest BCUT2D eigenvalue weighted by Gasteiger charge is 2.28. The van der Waals surface area contributed by atoms with Gasteiger partial charge < -0.3 is 4.74 Å². The average molecular weight is 297 g/mol. The van der Waals surface area contributed by atoms with E-state index in [1.54, 1.807) is 0 Å². The van der Waals surface area contributed by atoms with Gasteiger partial charge in [-0.1, -0.05) is 48.5 Å². The summed E-state index contributed by atoms with van der Waals surface area (Å²) in [6.45, 7) is 0.230. The van der Waals surface area contributed by atoms with E-state index in [-0.39, 0.29) is 12.5 Å². The number of ether oxygens (including phenoxy) is 1. The van der Waals surface area contributed by atoms with Crippen molar-refractivity contribution in [2.24, 2.45) is 4.40 Å². The SMILES string of the molecule is O=C=NSC(=O)OCC1c2ccccc2-c2ccccc21. The van der Waals surface area contributed by atoms with Crippen LogP contribution in [-0.4, -0.2) is 18.0 Å². The third-order valence-corrected chi connectivity index (χ3v) is 3.92. The van der Waals surface area contributed by atoms with Crippen LogP contribution in [0.15, 0.2) is 52.9 Å². The number of nitrogens with zero attached hydrogens (tertiary/aromatic N) is 1. The molecule has 2 aromatic carbocycles. The second kappa shape index (κ2) is 5.95. The Kier molecular flexibility index (Phi) is 3.86. The summed E-state index contributed by atoms with van der Waals surface area (Å²) in [7, 11) is 0. The molecule has 0 radical (unpaired) electrons. The van der Waals surface area contributed by atoms with Crippen LogP contribution in [0, 0.1) is 0 Å². The van der Waals surface area contributed by atoms with Crippen molar-refractivity contribution in [3.8, 4) is 11.1 Å². The number of carbonyl (C=O) groups is 1. The Morgan fingerprint density at radius 1 is 1.10 bits per heavy atom. The van der Waals surface area contributed by atoms with Crippen LogP contribution in [0.2, 0.25) is 0 Å².